The average Bonchev–Trinajstić information content (AvgIpc) is 2.60. The van der Waals surface area contributed by atoms with Crippen molar-refractivity contribution in [2.45, 2.75) is 18.7 Å². The number of hydrogen-bond acceptors (Lipinski definition) is 2. The third-order valence-electron chi connectivity index (χ3n) is 2.01. The standard InChI is InChI=1S/C10H13BrINOS/c1-6(2)8(11)4-13-10(14)7-3-9(12)15-5-7/h3,5-6,8H,4H2,1-2H3,(H,13,14). The lowest BCUT2D eigenvalue weighted by Gasteiger charge is -2.13. The Kier molecular flexibility index (Phi) is 5.56. The van der Waals surface area contributed by atoms with Gasteiger partial charge in [0, 0.05) is 16.8 Å². The molecule has 1 atom stereocenters. The van der Waals surface area contributed by atoms with Crippen molar-refractivity contribution in [3.8, 4) is 0 Å². The van der Waals surface area contributed by atoms with Crippen molar-refractivity contribution < 1.29 is 4.79 Å². The molecule has 1 heterocycles. The van der Waals surface area contributed by atoms with E-state index < -0.39 is 0 Å². The van der Waals surface area contributed by atoms with Crippen LogP contribution in [0, 0.1) is 8.80 Å². The van der Waals surface area contributed by atoms with Gasteiger partial charge in [-0.15, -0.1) is 11.3 Å². The molecule has 0 bridgehead atoms. The smallest absolute Gasteiger partial charge is 0.252 e. The fraction of sp³-hybridized carbons (Fsp3) is 0.500. The predicted octanol–water partition coefficient (Wildman–Crippen LogP) is 3.50. The predicted molar refractivity (Wildman–Crippen MR) is 76.9 cm³/mol. The van der Waals surface area contributed by atoms with Crippen LogP contribution in [0.2, 0.25) is 0 Å². The molecule has 15 heavy (non-hydrogen) atoms. The Bertz CT molecular complexity index is 340. The maximum Gasteiger partial charge on any atom is 0.252 e. The summed E-state index contributed by atoms with van der Waals surface area (Å²) < 4.78 is 1.14. The van der Waals surface area contributed by atoms with Crippen molar-refractivity contribution in [3.05, 3.63) is 19.9 Å². The highest BCUT2D eigenvalue weighted by atomic mass is 127. The Morgan fingerprint density at radius 2 is 2.33 bits per heavy atom. The van der Waals surface area contributed by atoms with Crippen LogP contribution in [0.5, 0.6) is 0 Å². The molecule has 0 spiro atoms. The van der Waals surface area contributed by atoms with E-state index in [1.807, 2.05) is 11.4 Å². The Morgan fingerprint density at radius 3 is 2.80 bits per heavy atom. The van der Waals surface area contributed by atoms with Crippen molar-refractivity contribution in [2.24, 2.45) is 5.92 Å². The van der Waals surface area contributed by atoms with Gasteiger partial charge in [0.1, 0.15) is 0 Å². The number of halogens is 2. The first-order valence-corrected chi connectivity index (χ1v) is 7.54. The summed E-state index contributed by atoms with van der Waals surface area (Å²) in [7, 11) is 0. The van der Waals surface area contributed by atoms with Crippen LogP contribution >= 0.6 is 49.9 Å². The highest BCUT2D eigenvalue weighted by molar-refractivity contribution is 14.1. The van der Waals surface area contributed by atoms with Crippen molar-refractivity contribution in [1.29, 1.82) is 0 Å². The molecule has 1 rings (SSSR count). The average molecular weight is 402 g/mol. The molecule has 0 fully saturated rings. The molecule has 84 valence electrons. The normalized spacial score (nSPS) is 12.9. The van der Waals surface area contributed by atoms with Gasteiger partial charge in [-0.3, -0.25) is 4.79 Å². The Labute approximate surface area is 116 Å². The molecule has 1 aromatic heterocycles. The summed E-state index contributed by atoms with van der Waals surface area (Å²) in [6.07, 6.45) is 0. The zero-order chi connectivity index (χ0) is 11.4. The number of carbonyl (C=O) groups is 1. The number of amides is 1. The summed E-state index contributed by atoms with van der Waals surface area (Å²) in [5.74, 6) is 0.534. The van der Waals surface area contributed by atoms with Crippen LogP contribution < -0.4 is 5.32 Å². The third-order valence-corrected chi connectivity index (χ3v) is 5.18. The maximum absolute atomic E-state index is 11.7. The number of alkyl halides is 1. The molecule has 0 aliphatic carbocycles. The van der Waals surface area contributed by atoms with Gasteiger partial charge in [-0.2, -0.15) is 0 Å². The molecule has 5 heteroatoms. The Morgan fingerprint density at radius 1 is 1.67 bits per heavy atom. The van der Waals surface area contributed by atoms with Gasteiger partial charge in [0.05, 0.1) is 8.45 Å². The lowest BCUT2D eigenvalue weighted by molar-refractivity contribution is 0.0953. The molecular formula is C10H13BrINOS. The minimum Gasteiger partial charge on any atom is -0.351 e. The van der Waals surface area contributed by atoms with Crippen LogP contribution in [0.3, 0.4) is 0 Å². The number of nitrogens with one attached hydrogen (secondary N) is 1. The number of rotatable bonds is 4. The quantitative estimate of drug-likeness (QED) is 0.607. The molecule has 0 aliphatic rings. The molecule has 1 N–H and O–H groups in total. The van der Waals surface area contributed by atoms with Gasteiger partial charge in [0.15, 0.2) is 0 Å². The monoisotopic (exact) mass is 401 g/mol. The summed E-state index contributed by atoms with van der Waals surface area (Å²) >= 11 is 7.34. The highest BCUT2D eigenvalue weighted by Gasteiger charge is 2.12. The summed E-state index contributed by atoms with van der Waals surface area (Å²) in [6.45, 7) is 4.92. The number of hydrogen-bond donors (Lipinski definition) is 1. The van der Waals surface area contributed by atoms with E-state index in [9.17, 15) is 4.79 Å². The van der Waals surface area contributed by atoms with E-state index in [0.29, 0.717) is 17.3 Å². The van der Waals surface area contributed by atoms with E-state index in [2.05, 4.69) is 57.7 Å². The molecule has 0 saturated carbocycles. The van der Waals surface area contributed by atoms with Gasteiger partial charge in [0.2, 0.25) is 0 Å². The molecule has 0 radical (unpaired) electrons. The summed E-state index contributed by atoms with van der Waals surface area (Å²) in [6, 6.07) is 1.90. The van der Waals surface area contributed by atoms with E-state index in [-0.39, 0.29) is 5.91 Å². The molecule has 0 aliphatic heterocycles. The minimum absolute atomic E-state index is 0.0132. The van der Waals surface area contributed by atoms with Gasteiger partial charge in [0.25, 0.3) is 5.91 Å². The molecule has 1 amide bonds. The summed E-state index contributed by atoms with van der Waals surface area (Å²) in [4.78, 5) is 12.0. The summed E-state index contributed by atoms with van der Waals surface area (Å²) in [5.41, 5.74) is 0.757. The second kappa shape index (κ2) is 6.20. The molecule has 2 nitrogen and oxygen atoms in total. The van der Waals surface area contributed by atoms with Crippen molar-refractivity contribution in [3.63, 3.8) is 0 Å². The molecule has 1 aromatic rings. The highest BCUT2D eigenvalue weighted by Crippen LogP contribution is 2.16. The molecule has 0 aromatic carbocycles. The van der Waals surface area contributed by atoms with Crippen molar-refractivity contribution in [1.82, 2.24) is 5.32 Å². The SMILES string of the molecule is CC(C)C(Br)CNC(=O)c1csc(I)c1. The van der Waals surface area contributed by atoms with Crippen LogP contribution in [0.1, 0.15) is 24.2 Å². The first-order chi connectivity index (χ1) is 7.00. The van der Waals surface area contributed by atoms with Crippen LogP contribution in [0.25, 0.3) is 0 Å². The van der Waals surface area contributed by atoms with Crippen molar-refractivity contribution >= 4 is 55.8 Å². The van der Waals surface area contributed by atoms with E-state index >= 15 is 0 Å². The van der Waals surface area contributed by atoms with Crippen molar-refractivity contribution in [2.75, 3.05) is 6.54 Å². The van der Waals surface area contributed by atoms with Gasteiger partial charge in [-0.1, -0.05) is 29.8 Å². The van der Waals surface area contributed by atoms with Gasteiger partial charge in [-0.05, 0) is 34.6 Å². The minimum atomic E-state index is 0.0132. The second-order valence-electron chi connectivity index (χ2n) is 3.61. The lowest BCUT2D eigenvalue weighted by atomic mass is 10.1. The van der Waals surface area contributed by atoms with Crippen LogP contribution in [0.15, 0.2) is 11.4 Å². The number of thiophene rings is 1. The zero-order valence-electron chi connectivity index (χ0n) is 8.59. The number of carbonyl (C=O) groups excluding carboxylic acids is 1. The fourth-order valence-electron chi connectivity index (χ4n) is 0.957. The van der Waals surface area contributed by atoms with Crippen LogP contribution in [-0.2, 0) is 0 Å². The van der Waals surface area contributed by atoms with E-state index in [4.69, 9.17) is 0 Å². The Balaban J connectivity index is 2.43. The fourth-order valence-corrected chi connectivity index (χ4v) is 2.45. The molecule has 0 saturated heterocycles. The van der Waals surface area contributed by atoms with Crippen LogP contribution in [0.4, 0.5) is 0 Å². The van der Waals surface area contributed by atoms with Crippen LogP contribution in [-0.4, -0.2) is 17.3 Å². The van der Waals surface area contributed by atoms with Gasteiger partial charge >= 0.3 is 0 Å². The van der Waals surface area contributed by atoms with Gasteiger partial charge < -0.3 is 5.32 Å². The first-order valence-electron chi connectivity index (χ1n) is 4.67. The largest absolute Gasteiger partial charge is 0.351 e. The second-order valence-corrected chi connectivity index (χ2v) is 7.59. The molecule has 1 unspecified atom stereocenters. The maximum atomic E-state index is 11.7. The third kappa shape index (κ3) is 4.40. The Hall–Kier alpha value is 0.380. The van der Waals surface area contributed by atoms with E-state index in [0.717, 1.165) is 8.45 Å². The van der Waals surface area contributed by atoms with E-state index in [1.165, 1.54) is 0 Å². The van der Waals surface area contributed by atoms with Gasteiger partial charge in [-0.25, -0.2) is 0 Å². The topological polar surface area (TPSA) is 29.1 Å². The van der Waals surface area contributed by atoms with E-state index in [1.54, 1.807) is 11.3 Å². The lowest BCUT2D eigenvalue weighted by Crippen LogP contribution is -2.31. The molecular weight excluding hydrogens is 389 g/mol. The zero-order valence-corrected chi connectivity index (χ0v) is 13.1. The summed E-state index contributed by atoms with van der Waals surface area (Å²) in [5, 5.41) is 4.80. The first kappa shape index (κ1) is 13.4.